The predicted octanol–water partition coefficient (Wildman–Crippen LogP) is 4.24. The van der Waals surface area contributed by atoms with Crippen molar-refractivity contribution < 1.29 is 0 Å². The topological polar surface area (TPSA) is 28.2 Å². The van der Waals surface area contributed by atoms with Crippen LogP contribution in [-0.2, 0) is 6.54 Å². The summed E-state index contributed by atoms with van der Waals surface area (Å²) < 4.78 is 0. The van der Waals surface area contributed by atoms with Crippen molar-refractivity contribution in [3.8, 4) is 0 Å². The first-order chi connectivity index (χ1) is 10.9. The van der Waals surface area contributed by atoms with Crippen LogP contribution < -0.4 is 5.32 Å². The third kappa shape index (κ3) is 3.47. The third-order valence-corrected chi connectivity index (χ3v) is 4.33. The van der Waals surface area contributed by atoms with Gasteiger partial charge in [-0.15, -0.1) is 0 Å². The van der Waals surface area contributed by atoms with Crippen molar-refractivity contribution in [2.24, 2.45) is 0 Å². The van der Waals surface area contributed by atoms with Crippen LogP contribution in [0.3, 0.4) is 0 Å². The number of hydrogen-bond acceptors (Lipinski definition) is 3. The number of rotatable bonds is 6. The van der Waals surface area contributed by atoms with E-state index in [2.05, 4.69) is 64.6 Å². The minimum Gasteiger partial charge on any atom is -0.370 e. The van der Waals surface area contributed by atoms with Gasteiger partial charge in [0.05, 0.1) is 0 Å². The summed E-state index contributed by atoms with van der Waals surface area (Å²) in [5.41, 5.74) is 2.74. The molecule has 1 aliphatic heterocycles. The average Bonchev–Trinajstić information content (AvgIpc) is 3.02. The zero-order chi connectivity index (χ0) is 15.2. The average molecular weight is 295 g/mol. The van der Waals surface area contributed by atoms with E-state index in [9.17, 15) is 0 Å². The van der Waals surface area contributed by atoms with Gasteiger partial charge in [0.25, 0.3) is 0 Å². The highest BCUT2D eigenvalue weighted by Crippen LogP contribution is 2.35. The fraction of sp³-hybridized carbons (Fsp3) is 0.421. The molecule has 1 aliphatic rings. The smallest absolute Gasteiger partial charge is 0.130 e. The van der Waals surface area contributed by atoms with Gasteiger partial charge in [0.15, 0.2) is 0 Å². The van der Waals surface area contributed by atoms with E-state index >= 15 is 0 Å². The van der Waals surface area contributed by atoms with Crippen molar-refractivity contribution in [2.75, 3.05) is 18.4 Å². The highest BCUT2D eigenvalue weighted by Gasteiger charge is 2.28. The van der Waals surface area contributed by atoms with Crippen molar-refractivity contribution in [1.82, 2.24) is 9.88 Å². The Morgan fingerprint density at radius 2 is 2.05 bits per heavy atom. The highest BCUT2D eigenvalue weighted by molar-refractivity contribution is 5.46. The lowest BCUT2D eigenvalue weighted by atomic mass is 10.0. The molecule has 2 heterocycles. The van der Waals surface area contributed by atoms with E-state index in [4.69, 9.17) is 0 Å². The van der Waals surface area contributed by atoms with Crippen LogP contribution in [0.5, 0.6) is 0 Å². The molecule has 1 aromatic heterocycles. The first-order valence-electron chi connectivity index (χ1n) is 8.35. The van der Waals surface area contributed by atoms with E-state index < -0.39 is 0 Å². The van der Waals surface area contributed by atoms with Crippen molar-refractivity contribution in [2.45, 2.75) is 38.8 Å². The van der Waals surface area contributed by atoms with Crippen molar-refractivity contribution in [3.63, 3.8) is 0 Å². The molecule has 1 saturated heterocycles. The maximum absolute atomic E-state index is 4.56. The second kappa shape index (κ2) is 7.41. The van der Waals surface area contributed by atoms with Gasteiger partial charge in [-0.2, -0.15) is 0 Å². The lowest BCUT2D eigenvalue weighted by molar-refractivity contribution is 0.248. The molecule has 0 aliphatic carbocycles. The van der Waals surface area contributed by atoms with Crippen LogP contribution >= 0.6 is 0 Å². The van der Waals surface area contributed by atoms with Gasteiger partial charge in [-0.1, -0.05) is 43.3 Å². The number of nitrogens with zero attached hydrogens (tertiary/aromatic N) is 2. The van der Waals surface area contributed by atoms with Gasteiger partial charge in [-0.3, -0.25) is 4.90 Å². The van der Waals surface area contributed by atoms with E-state index in [1.807, 2.05) is 6.20 Å². The van der Waals surface area contributed by atoms with Crippen LogP contribution in [0.15, 0.2) is 48.7 Å². The number of hydrogen-bond donors (Lipinski definition) is 1. The molecule has 3 heteroatoms. The Kier molecular flexibility index (Phi) is 5.07. The normalized spacial score (nSPS) is 18.5. The van der Waals surface area contributed by atoms with Gasteiger partial charge < -0.3 is 5.32 Å². The maximum atomic E-state index is 4.56. The molecule has 3 rings (SSSR count). The van der Waals surface area contributed by atoms with Gasteiger partial charge in [0, 0.05) is 30.9 Å². The molecule has 1 N–H and O–H groups in total. The number of benzene rings is 1. The summed E-state index contributed by atoms with van der Waals surface area (Å²) in [5.74, 6) is 1.06. The Morgan fingerprint density at radius 3 is 2.86 bits per heavy atom. The quantitative estimate of drug-likeness (QED) is 0.864. The first-order valence-corrected chi connectivity index (χ1v) is 8.35. The number of likely N-dealkylation sites (tertiary alicyclic amines) is 1. The van der Waals surface area contributed by atoms with Crippen LogP contribution in [0.25, 0.3) is 0 Å². The zero-order valence-electron chi connectivity index (χ0n) is 13.3. The first kappa shape index (κ1) is 15.0. The molecule has 0 bridgehead atoms. The summed E-state index contributed by atoms with van der Waals surface area (Å²) >= 11 is 0. The molecule has 2 aromatic rings. The van der Waals surface area contributed by atoms with Crippen LogP contribution in [-0.4, -0.2) is 23.0 Å². The van der Waals surface area contributed by atoms with E-state index in [0.29, 0.717) is 6.04 Å². The molecule has 0 radical (unpaired) electrons. The molecule has 3 nitrogen and oxygen atoms in total. The molecule has 0 spiro atoms. The largest absolute Gasteiger partial charge is 0.370 e. The summed E-state index contributed by atoms with van der Waals surface area (Å²) in [6.07, 6.45) is 5.49. The molecule has 0 amide bonds. The summed E-state index contributed by atoms with van der Waals surface area (Å²) in [7, 11) is 0. The van der Waals surface area contributed by atoms with E-state index in [0.717, 1.165) is 25.3 Å². The van der Waals surface area contributed by atoms with Gasteiger partial charge in [0.1, 0.15) is 5.82 Å². The molecule has 0 saturated carbocycles. The molecule has 116 valence electrons. The van der Waals surface area contributed by atoms with Crippen LogP contribution in [0.4, 0.5) is 5.82 Å². The van der Waals surface area contributed by atoms with E-state index in [1.54, 1.807) is 0 Å². The number of pyridine rings is 1. The molecule has 0 unspecified atom stereocenters. The Bertz CT molecular complexity index is 582. The predicted molar refractivity (Wildman–Crippen MR) is 91.8 cm³/mol. The lowest BCUT2D eigenvalue weighted by Crippen LogP contribution is -2.24. The second-order valence-electron chi connectivity index (χ2n) is 5.98. The molecule has 22 heavy (non-hydrogen) atoms. The monoisotopic (exact) mass is 295 g/mol. The molecule has 1 aromatic carbocycles. The summed E-state index contributed by atoms with van der Waals surface area (Å²) in [6, 6.07) is 15.5. The van der Waals surface area contributed by atoms with Gasteiger partial charge >= 0.3 is 0 Å². The van der Waals surface area contributed by atoms with Gasteiger partial charge in [0.2, 0.25) is 0 Å². The van der Waals surface area contributed by atoms with Crippen molar-refractivity contribution >= 4 is 5.82 Å². The maximum Gasteiger partial charge on any atom is 0.130 e. The molecular formula is C19H25N3. The Morgan fingerprint density at radius 1 is 1.18 bits per heavy atom. The summed E-state index contributed by atoms with van der Waals surface area (Å²) in [6.45, 7) is 5.36. The number of anilines is 1. The lowest BCUT2D eigenvalue weighted by Gasteiger charge is -2.26. The van der Waals surface area contributed by atoms with Crippen molar-refractivity contribution in [1.29, 1.82) is 0 Å². The van der Waals surface area contributed by atoms with E-state index in [-0.39, 0.29) is 0 Å². The summed E-state index contributed by atoms with van der Waals surface area (Å²) in [5, 5.41) is 3.49. The minimum absolute atomic E-state index is 0.480. The van der Waals surface area contributed by atoms with Crippen LogP contribution in [0.1, 0.15) is 43.4 Å². The second-order valence-corrected chi connectivity index (χ2v) is 5.98. The Balaban J connectivity index is 1.78. The Labute approximate surface area is 133 Å². The van der Waals surface area contributed by atoms with Crippen molar-refractivity contribution in [3.05, 3.63) is 59.8 Å². The zero-order valence-corrected chi connectivity index (χ0v) is 13.3. The highest BCUT2D eigenvalue weighted by atomic mass is 15.2. The SMILES string of the molecule is CCCNc1ncccc1[C@H]1CCCN1Cc1ccccc1. The molecule has 1 fully saturated rings. The molecule has 1 atom stereocenters. The van der Waals surface area contributed by atoms with Gasteiger partial charge in [-0.25, -0.2) is 4.98 Å². The van der Waals surface area contributed by atoms with E-state index in [1.165, 1.54) is 30.5 Å². The van der Waals surface area contributed by atoms with Crippen LogP contribution in [0.2, 0.25) is 0 Å². The summed E-state index contributed by atoms with van der Waals surface area (Å²) in [4.78, 5) is 7.15. The number of aromatic nitrogens is 1. The fourth-order valence-electron chi connectivity index (χ4n) is 3.26. The Hall–Kier alpha value is -1.87. The van der Waals surface area contributed by atoms with Crippen LogP contribution in [0, 0.1) is 0 Å². The fourth-order valence-corrected chi connectivity index (χ4v) is 3.26. The van der Waals surface area contributed by atoms with Gasteiger partial charge in [-0.05, 0) is 37.4 Å². The standard InChI is InChI=1S/C19H25N3/c1-2-12-20-19-17(10-6-13-21-19)18-11-7-14-22(18)15-16-8-4-3-5-9-16/h3-6,8-10,13,18H,2,7,11-12,14-15H2,1H3,(H,20,21)/t18-/m1/s1. The third-order valence-electron chi connectivity index (χ3n) is 4.33. The molecular weight excluding hydrogens is 270 g/mol. The number of nitrogens with one attached hydrogen (secondary N) is 1. The minimum atomic E-state index is 0.480.